The summed E-state index contributed by atoms with van der Waals surface area (Å²) in [5.74, 6) is 0.173. The van der Waals surface area contributed by atoms with Gasteiger partial charge in [-0.1, -0.05) is 12.1 Å². The molecular weight excluding hydrogens is 376 g/mol. The summed E-state index contributed by atoms with van der Waals surface area (Å²) >= 11 is 3.15. The first-order chi connectivity index (χ1) is 11.6. The lowest BCUT2D eigenvalue weighted by atomic mass is 10.1. The molecule has 122 valence electrons. The molecule has 6 heteroatoms. The van der Waals surface area contributed by atoms with Crippen LogP contribution in [-0.4, -0.2) is 13.1 Å². The third kappa shape index (κ3) is 3.49. The van der Waals surface area contributed by atoms with Crippen molar-refractivity contribution in [2.45, 2.75) is 6.61 Å². The Morgan fingerprint density at radius 2 is 2.00 bits per heavy atom. The Balaban J connectivity index is 1.79. The molecule has 24 heavy (non-hydrogen) atoms. The van der Waals surface area contributed by atoms with Crippen molar-refractivity contribution in [3.05, 3.63) is 74.6 Å². The lowest BCUT2D eigenvalue weighted by Gasteiger charge is -2.08. The molecule has 0 N–H and O–H groups in total. The normalized spacial score (nSPS) is 10.6. The van der Waals surface area contributed by atoms with E-state index in [1.165, 1.54) is 7.11 Å². The van der Waals surface area contributed by atoms with Crippen LogP contribution in [0.25, 0.3) is 11.0 Å². The highest BCUT2D eigenvalue weighted by atomic mass is 79.9. The maximum Gasteiger partial charge on any atom is 0.350 e. The molecular formula is C18H13BrO5. The molecule has 3 rings (SSSR count). The molecule has 0 saturated carbocycles. The van der Waals surface area contributed by atoms with Crippen LogP contribution in [0.15, 0.2) is 62.2 Å². The van der Waals surface area contributed by atoms with Gasteiger partial charge in [-0.2, -0.15) is 0 Å². The minimum absolute atomic E-state index is 0.275. The Bertz CT molecular complexity index is 961. The van der Waals surface area contributed by atoms with Crippen LogP contribution in [0, 0.1) is 0 Å². The van der Waals surface area contributed by atoms with Gasteiger partial charge in [0.15, 0.2) is 0 Å². The largest absolute Gasteiger partial charge is 0.489 e. The number of hydrogen-bond donors (Lipinski definition) is 0. The van der Waals surface area contributed by atoms with Crippen molar-refractivity contribution in [1.29, 1.82) is 0 Å². The fraction of sp³-hybridized carbons (Fsp3) is 0.111. The first-order valence-electron chi connectivity index (χ1n) is 7.10. The van der Waals surface area contributed by atoms with E-state index in [4.69, 9.17) is 13.9 Å². The Kier molecular flexibility index (Phi) is 4.66. The van der Waals surface area contributed by atoms with Crippen LogP contribution in [0.1, 0.15) is 15.9 Å². The van der Waals surface area contributed by atoms with Crippen molar-refractivity contribution < 1.29 is 18.7 Å². The monoisotopic (exact) mass is 388 g/mol. The Labute approximate surface area is 145 Å². The van der Waals surface area contributed by atoms with E-state index in [2.05, 4.69) is 15.9 Å². The van der Waals surface area contributed by atoms with Gasteiger partial charge in [-0.3, -0.25) is 0 Å². The maximum absolute atomic E-state index is 11.6. The van der Waals surface area contributed by atoms with Crippen LogP contribution in [-0.2, 0) is 11.3 Å². The zero-order chi connectivity index (χ0) is 17.1. The fourth-order valence-corrected chi connectivity index (χ4v) is 2.56. The van der Waals surface area contributed by atoms with Gasteiger partial charge in [0.05, 0.1) is 12.7 Å². The smallest absolute Gasteiger partial charge is 0.350 e. The predicted molar refractivity (Wildman–Crippen MR) is 92.3 cm³/mol. The van der Waals surface area contributed by atoms with E-state index in [9.17, 15) is 9.59 Å². The van der Waals surface area contributed by atoms with E-state index in [0.29, 0.717) is 21.4 Å². The zero-order valence-electron chi connectivity index (χ0n) is 12.7. The van der Waals surface area contributed by atoms with Crippen LogP contribution >= 0.6 is 15.9 Å². The quantitative estimate of drug-likeness (QED) is 0.500. The van der Waals surface area contributed by atoms with Gasteiger partial charge >= 0.3 is 11.6 Å². The molecule has 0 aliphatic heterocycles. The number of carbonyl (C=O) groups is 1. The molecule has 0 spiro atoms. The average Bonchev–Trinajstić information content (AvgIpc) is 2.60. The zero-order valence-corrected chi connectivity index (χ0v) is 14.3. The summed E-state index contributed by atoms with van der Waals surface area (Å²) in [5, 5.41) is 0.793. The minimum atomic E-state index is -0.439. The lowest BCUT2D eigenvalue weighted by Crippen LogP contribution is -2.03. The first-order valence-corrected chi connectivity index (χ1v) is 7.89. The summed E-state index contributed by atoms with van der Waals surface area (Å²) in [6.45, 7) is 0.275. The van der Waals surface area contributed by atoms with Crippen LogP contribution in [0.4, 0.5) is 0 Å². The number of fused-ring (bicyclic) bond motifs is 1. The second kappa shape index (κ2) is 6.88. The van der Waals surface area contributed by atoms with E-state index in [1.54, 1.807) is 36.4 Å². The molecule has 0 unspecified atom stereocenters. The van der Waals surface area contributed by atoms with Crippen molar-refractivity contribution in [3.63, 3.8) is 0 Å². The third-order valence-corrected chi connectivity index (χ3v) is 3.97. The molecule has 1 heterocycles. The highest BCUT2D eigenvalue weighted by Crippen LogP contribution is 2.22. The van der Waals surface area contributed by atoms with Crippen LogP contribution in [0.5, 0.6) is 5.75 Å². The van der Waals surface area contributed by atoms with Crippen molar-refractivity contribution in [1.82, 2.24) is 0 Å². The summed E-state index contributed by atoms with van der Waals surface area (Å²) in [5.41, 5.74) is 1.30. The van der Waals surface area contributed by atoms with Gasteiger partial charge in [0, 0.05) is 11.5 Å². The SMILES string of the molecule is COC(=O)c1cccc(COc2ccc3cc(Br)c(=O)oc3c2)c1. The molecule has 1 aromatic heterocycles. The number of halogens is 1. The van der Waals surface area contributed by atoms with E-state index in [1.807, 2.05) is 12.1 Å². The van der Waals surface area contributed by atoms with Gasteiger partial charge in [0.25, 0.3) is 0 Å². The number of esters is 1. The van der Waals surface area contributed by atoms with Crippen molar-refractivity contribution in [2.24, 2.45) is 0 Å². The Morgan fingerprint density at radius 3 is 2.79 bits per heavy atom. The molecule has 0 aliphatic carbocycles. The Hall–Kier alpha value is -2.60. The summed E-state index contributed by atoms with van der Waals surface area (Å²) in [6, 6.07) is 14.0. The van der Waals surface area contributed by atoms with Gasteiger partial charge in [0.2, 0.25) is 0 Å². The highest BCUT2D eigenvalue weighted by Gasteiger charge is 2.07. The van der Waals surface area contributed by atoms with Gasteiger partial charge in [-0.05, 0) is 51.8 Å². The number of hydrogen-bond acceptors (Lipinski definition) is 5. The Morgan fingerprint density at radius 1 is 1.17 bits per heavy atom. The summed E-state index contributed by atoms with van der Waals surface area (Å²) in [7, 11) is 1.34. The van der Waals surface area contributed by atoms with E-state index in [0.717, 1.165) is 10.9 Å². The number of ether oxygens (including phenoxy) is 2. The molecule has 2 aromatic carbocycles. The molecule has 5 nitrogen and oxygen atoms in total. The van der Waals surface area contributed by atoms with Crippen molar-refractivity contribution in [2.75, 3.05) is 7.11 Å². The first kappa shape index (κ1) is 16.3. The number of carbonyl (C=O) groups excluding carboxylic acids is 1. The van der Waals surface area contributed by atoms with Gasteiger partial charge < -0.3 is 13.9 Å². The molecule has 0 radical (unpaired) electrons. The average molecular weight is 389 g/mol. The summed E-state index contributed by atoms with van der Waals surface area (Å²) in [4.78, 5) is 23.1. The standard InChI is InChI=1S/C18H13BrO5/c1-22-17(20)13-4-2-3-11(7-13)10-23-14-6-5-12-8-15(19)18(21)24-16(12)9-14/h2-9H,10H2,1H3. The number of methoxy groups -OCH3 is 1. The summed E-state index contributed by atoms with van der Waals surface area (Å²) < 4.78 is 16.0. The molecule has 0 fully saturated rings. The van der Waals surface area contributed by atoms with Gasteiger partial charge in [-0.25, -0.2) is 9.59 Å². The molecule has 3 aromatic rings. The maximum atomic E-state index is 11.6. The van der Waals surface area contributed by atoms with E-state index < -0.39 is 11.6 Å². The van der Waals surface area contributed by atoms with Gasteiger partial charge in [0.1, 0.15) is 22.4 Å². The fourth-order valence-electron chi connectivity index (χ4n) is 2.23. The summed E-state index contributed by atoms with van der Waals surface area (Å²) in [6.07, 6.45) is 0. The third-order valence-electron chi connectivity index (χ3n) is 3.42. The number of benzene rings is 2. The van der Waals surface area contributed by atoms with Crippen molar-refractivity contribution >= 4 is 32.9 Å². The molecule has 0 bridgehead atoms. The van der Waals surface area contributed by atoms with E-state index in [-0.39, 0.29) is 6.61 Å². The van der Waals surface area contributed by atoms with Crippen molar-refractivity contribution in [3.8, 4) is 5.75 Å². The predicted octanol–water partition coefficient (Wildman–Crippen LogP) is 3.92. The van der Waals surface area contributed by atoms with E-state index >= 15 is 0 Å². The molecule has 0 saturated heterocycles. The molecule has 0 aliphatic rings. The minimum Gasteiger partial charge on any atom is -0.489 e. The topological polar surface area (TPSA) is 65.7 Å². The lowest BCUT2D eigenvalue weighted by molar-refractivity contribution is 0.0600. The number of rotatable bonds is 4. The second-order valence-corrected chi connectivity index (χ2v) is 5.92. The van der Waals surface area contributed by atoms with Crippen LogP contribution in [0.3, 0.4) is 0 Å². The van der Waals surface area contributed by atoms with Gasteiger partial charge in [-0.15, -0.1) is 0 Å². The van der Waals surface area contributed by atoms with Crippen LogP contribution in [0.2, 0.25) is 0 Å². The molecule has 0 amide bonds. The van der Waals surface area contributed by atoms with Crippen LogP contribution < -0.4 is 10.4 Å². The second-order valence-electron chi connectivity index (χ2n) is 5.06. The highest BCUT2D eigenvalue weighted by molar-refractivity contribution is 9.10. The molecule has 0 atom stereocenters.